The summed E-state index contributed by atoms with van der Waals surface area (Å²) < 4.78 is 1.93. The summed E-state index contributed by atoms with van der Waals surface area (Å²) in [6.45, 7) is 2.03. The first-order valence-electron chi connectivity index (χ1n) is 9.08. The van der Waals surface area contributed by atoms with Crippen molar-refractivity contribution in [1.82, 2.24) is 14.8 Å². The molecule has 5 rings (SSSR count). The molecule has 0 fully saturated rings. The van der Waals surface area contributed by atoms with Crippen LogP contribution in [-0.2, 0) is 0 Å². The maximum absolute atomic E-state index is 9.03. The molecule has 3 aromatic carbocycles. The van der Waals surface area contributed by atoms with Crippen LogP contribution in [0.25, 0.3) is 38.6 Å². The number of benzene rings is 3. The lowest BCUT2D eigenvalue weighted by atomic mass is 10.0. The van der Waals surface area contributed by atoms with Gasteiger partial charge in [0, 0.05) is 22.5 Å². The maximum atomic E-state index is 9.03. The number of hydrogen-bond acceptors (Lipinski definition) is 3. The molecule has 2 heterocycles. The fraction of sp³-hybridized carbons (Fsp3) is 0.0417. The molecule has 5 aromatic rings. The van der Waals surface area contributed by atoms with Crippen molar-refractivity contribution < 1.29 is 0 Å². The zero-order chi connectivity index (χ0) is 19.1. The van der Waals surface area contributed by atoms with Crippen LogP contribution in [0.2, 0.25) is 0 Å². The first-order valence-corrected chi connectivity index (χ1v) is 9.08. The number of hydrogen-bond donors (Lipinski definition) is 0. The lowest BCUT2D eigenvalue weighted by Gasteiger charge is -2.07. The third-order valence-corrected chi connectivity index (χ3v) is 5.02. The SMILES string of the molecule is Cc1nn(-c2ccc(C#N)cc2)c2cccc(-c3cnc4ccccc4c3)c12. The highest BCUT2D eigenvalue weighted by atomic mass is 15.3. The molecule has 0 amide bonds. The minimum Gasteiger partial charge on any atom is -0.256 e. The summed E-state index contributed by atoms with van der Waals surface area (Å²) in [6.07, 6.45) is 1.93. The smallest absolute Gasteiger partial charge is 0.0991 e. The second-order valence-electron chi connectivity index (χ2n) is 6.77. The van der Waals surface area contributed by atoms with Crippen molar-refractivity contribution in [2.24, 2.45) is 0 Å². The number of aromatic nitrogens is 3. The Bertz CT molecular complexity index is 1370. The van der Waals surface area contributed by atoms with E-state index in [0.29, 0.717) is 5.56 Å². The van der Waals surface area contributed by atoms with Crippen LogP contribution in [0.4, 0.5) is 0 Å². The molecule has 0 unspecified atom stereocenters. The quantitative estimate of drug-likeness (QED) is 0.422. The Labute approximate surface area is 162 Å². The Kier molecular flexibility index (Phi) is 3.67. The van der Waals surface area contributed by atoms with Gasteiger partial charge in [-0.1, -0.05) is 30.3 Å². The van der Waals surface area contributed by atoms with Crippen molar-refractivity contribution in [3.63, 3.8) is 0 Å². The maximum Gasteiger partial charge on any atom is 0.0991 e. The van der Waals surface area contributed by atoms with Gasteiger partial charge in [0.05, 0.1) is 34.0 Å². The van der Waals surface area contributed by atoms with Crippen LogP contribution in [0, 0.1) is 18.3 Å². The average molecular weight is 360 g/mol. The van der Waals surface area contributed by atoms with E-state index in [1.165, 1.54) is 0 Å². The molecule has 0 aliphatic heterocycles. The molecule has 0 aliphatic carbocycles. The van der Waals surface area contributed by atoms with E-state index in [4.69, 9.17) is 10.4 Å². The molecule has 0 aliphatic rings. The van der Waals surface area contributed by atoms with E-state index in [1.807, 2.05) is 66.3 Å². The van der Waals surface area contributed by atoms with Crippen LogP contribution in [0.15, 0.2) is 79.0 Å². The Morgan fingerprint density at radius 2 is 1.75 bits per heavy atom. The first kappa shape index (κ1) is 16.2. The molecule has 0 saturated carbocycles. The van der Waals surface area contributed by atoms with E-state index in [9.17, 15) is 0 Å². The van der Waals surface area contributed by atoms with Crippen molar-refractivity contribution in [2.45, 2.75) is 6.92 Å². The van der Waals surface area contributed by atoms with Gasteiger partial charge in [-0.25, -0.2) is 4.68 Å². The van der Waals surface area contributed by atoms with Gasteiger partial charge in [-0.3, -0.25) is 4.98 Å². The highest BCUT2D eigenvalue weighted by Gasteiger charge is 2.14. The molecule has 0 radical (unpaired) electrons. The Hall–Kier alpha value is -3.97. The monoisotopic (exact) mass is 360 g/mol. The topological polar surface area (TPSA) is 54.5 Å². The number of rotatable bonds is 2. The molecule has 0 saturated heterocycles. The van der Waals surface area contributed by atoms with Crippen molar-refractivity contribution >= 4 is 21.8 Å². The second-order valence-corrected chi connectivity index (χ2v) is 6.77. The van der Waals surface area contributed by atoms with Gasteiger partial charge < -0.3 is 0 Å². The molecule has 28 heavy (non-hydrogen) atoms. The number of pyridine rings is 1. The van der Waals surface area contributed by atoms with E-state index < -0.39 is 0 Å². The lowest BCUT2D eigenvalue weighted by molar-refractivity contribution is 0.889. The van der Waals surface area contributed by atoms with E-state index in [-0.39, 0.29) is 0 Å². The van der Waals surface area contributed by atoms with Crippen LogP contribution in [0.1, 0.15) is 11.3 Å². The molecule has 0 bridgehead atoms. The third kappa shape index (κ3) is 2.53. The van der Waals surface area contributed by atoms with Crippen LogP contribution < -0.4 is 0 Å². The predicted octanol–water partition coefficient (Wildman–Crippen LogP) is 5.42. The Morgan fingerprint density at radius 1 is 0.929 bits per heavy atom. The van der Waals surface area contributed by atoms with E-state index in [2.05, 4.69) is 35.3 Å². The number of nitrogens with zero attached hydrogens (tertiary/aromatic N) is 4. The number of para-hydroxylation sites is 1. The molecule has 4 nitrogen and oxygen atoms in total. The second kappa shape index (κ2) is 6.33. The van der Waals surface area contributed by atoms with Crippen LogP contribution in [0.5, 0.6) is 0 Å². The number of aryl methyl sites for hydroxylation is 1. The lowest BCUT2D eigenvalue weighted by Crippen LogP contribution is -1.96. The van der Waals surface area contributed by atoms with Gasteiger partial charge in [0.25, 0.3) is 0 Å². The molecule has 4 heteroatoms. The standard InChI is InChI=1S/C24H16N4/c1-16-24-21(19-13-18-5-2-3-7-22(18)26-15-19)6-4-8-23(24)28(27-16)20-11-9-17(14-25)10-12-20/h2-13,15H,1H3. The van der Waals surface area contributed by atoms with Crippen LogP contribution >= 0.6 is 0 Å². The van der Waals surface area contributed by atoms with E-state index in [0.717, 1.165) is 44.3 Å². The fourth-order valence-corrected chi connectivity index (χ4v) is 3.68. The van der Waals surface area contributed by atoms with Crippen LogP contribution in [-0.4, -0.2) is 14.8 Å². The van der Waals surface area contributed by atoms with E-state index in [1.54, 1.807) is 0 Å². The summed E-state index contributed by atoms with van der Waals surface area (Å²) >= 11 is 0. The summed E-state index contributed by atoms with van der Waals surface area (Å²) in [7, 11) is 0. The minimum atomic E-state index is 0.639. The first-order chi connectivity index (χ1) is 13.7. The van der Waals surface area contributed by atoms with Gasteiger partial charge >= 0.3 is 0 Å². The highest BCUT2D eigenvalue weighted by molar-refractivity contribution is 5.99. The van der Waals surface area contributed by atoms with Crippen molar-refractivity contribution in [2.75, 3.05) is 0 Å². The van der Waals surface area contributed by atoms with Crippen molar-refractivity contribution in [3.8, 4) is 22.9 Å². The van der Waals surface area contributed by atoms with Gasteiger partial charge in [0.1, 0.15) is 0 Å². The summed E-state index contributed by atoms with van der Waals surface area (Å²) in [4.78, 5) is 4.62. The van der Waals surface area contributed by atoms with Gasteiger partial charge in [0.2, 0.25) is 0 Å². The molecule has 0 spiro atoms. The molecular weight excluding hydrogens is 344 g/mol. The predicted molar refractivity (Wildman–Crippen MR) is 111 cm³/mol. The normalized spacial score (nSPS) is 11.0. The summed E-state index contributed by atoms with van der Waals surface area (Å²) in [5, 5.41) is 16.0. The molecule has 132 valence electrons. The largest absolute Gasteiger partial charge is 0.256 e. The van der Waals surface area contributed by atoms with Crippen molar-refractivity contribution in [1.29, 1.82) is 5.26 Å². The average Bonchev–Trinajstić information content (AvgIpc) is 3.10. The van der Waals surface area contributed by atoms with Gasteiger partial charge in [-0.15, -0.1) is 0 Å². The summed E-state index contributed by atoms with van der Waals surface area (Å²) in [5.74, 6) is 0. The minimum absolute atomic E-state index is 0.639. The number of nitriles is 1. The highest BCUT2D eigenvalue weighted by Crippen LogP contribution is 2.33. The number of fused-ring (bicyclic) bond motifs is 2. The van der Waals surface area contributed by atoms with Gasteiger partial charge in [-0.05, 0) is 55.0 Å². The zero-order valence-corrected chi connectivity index (χ0v) is 15.3. The third-order valence-electron chi connectivity index (χ3n) is 5.02. The van der Waals surface area contributed by atoms with E-state index >= 15 is 0 Å². The zero-order valence-electron chi connectivity index (χ0n) is 15.3. The van der Waals surface area contributed by atoms with Crippen LogP contribution in [0.3, 0.4) is 0 Å². The molecule has 0 atom stereocenters. The fourth-order valence-electron chi connectivity index (χ4n) is 3.68. The van der Waals surface area contributed by atoms with Crippen molar-refractivity contribution in [3.05, 3.63) is 90.3 Å². The summed E-state index contributed by atoms with van der Waals surface area (Å²) in [6, 6.07) is 26.2. The Morgan fingerprint density at radius 3 is 2.57 bits per heavy atom. The molecular formula is C24H16N4. The molecule has 0 N–H and O–H groups in total. The van der Waals surface area contributed by atoms with Gasteiger partial charge in [0.15, 0.2) is 0 Å². The van der Waals surface area contributed by atoms with Gasteiger partial charge in [-0.2, -0.15) is 10.4 Å². The Balaban J connectivity index is 1.72. The summed E-state index contributed by atoms with van der Waals surface area (Å²) in [5.41, 5.74) is 6.75. The molecule has 2 aromatic heterocycles.